The Morgan fingerprint density at radius 2 is 1.79 bits per heavy atom. The lowest BCUT2D eigenvalue weighted by Crippen LogP contribution is -2.40. The van der Waals surface area contributed by atoms with Crippen LogP contribution in [0.15, 0.2) is 36.1 Å². The summed E-state index contributed by atoms with van der Waals surface area (Å²) in [5.74, 6) is 1.55. The number of amides is 1. The van der Waals surface area contributed by atoms with Crippen LogP contribution in [0.2, 0.25) is 0 Å². The lowest BCUT2D eigenvalue weighted by atomic mass is 9.73. The van der Waals surface area contributed by atoms with Gasteiger partial charge in [-0.05, 0) is 61.1 Å². The number of rotatable bonds is 6. The van der Waals surface area contributed by atoms with Crippen LogP contribution in [0.5, 0.6) is 0 Å². The van der Waals surface area contributed by atoms with Gasteiger partial charge in [-0.1, -0.05) is 30.7 Å². The molecular weight excluding hydrogens is 354 g/mol. The van der Waals surface area contributed by atoms with Gasteiger partial charge in [0.2, 0.25) is 6.29 Å². The summed E-state index contributed by atoms with van der Waals surface area (Å²) in [7, 11) is 0. The molecule has 1 N–H and O–H groups in total. The molecule has 152 valence electrons. The van der Waals surface area contributed by atoms with E-state index in [1.807, 2.05) is 29.2 Å². The third-order valence-electron chi connectivity index (χ3n) is 6.34. The highest BCUT2D eigenvalue weighted by Gasteiger charge is 2.36. The number of piperidine rings is 1. The van der Waals surface area contributed by atoms with Crippen LogP contribution in [0.25, 0.3) is 0 Å². The van der Waals surface area contributed by atoms with E-state index in [1.54, 1.807) is 0 Å². The first kappa shape index (κ1) is 19.5. The smallest absolute Gasteiger partial charge is 0.288 e. The van der Waals surface area contributed by atoms with Crippen molar-refractivity contribution in [3.05, 3.63) is 47.2 Å². The first-order valence-corrected chi connectivity index (χ1v) is 10.7. The Morgan fingerprint density at radius 3 is 2.43 bits per heavy atom. The molecule has 0 radical (unpaired) electrons. The summed E-state index contributed by atoms with van der Waals surface area (Å²) in [6.07, 6.45) is 9.64. The molecule has 1 amide bonds. The molecule has 1 saturated heterocycles. The molecule has 28 heavy (non-hydrogen) atoms. The number of aliphatic hydroxyl groups excluding tert-OH is 1. The average molecular weight is 386 g/mol. The fraction of sp³-hybridized carbons (Fsp3) is 0.609. The monoisotopic (exact) mass is 385 g/mol. The number of likely N-dealkylation sites (tertiary alicyclic amines) is 1. The van der Waals surface area contributed by atoms with Crippen molar-refractivity contribution in [2.45, 2.75) is 64.4 Å². The zero-order valence-electron chi connectivity index (χ0n) is 16.5. The summed E-state index contributed by atoms with van der Waals surface area (Å²) in [6, 6.07) is 7.74. The van der Waals surface area contributed by atoms with Crippen molar-refractivity contribution in [1.82, 2.24) is 4.90 Å². The Morgan fingerprint density at radius 1 is 1.07 bits per heavy atom. The fourth-order valence-corrected chi connectivity index (χ4v) is 4.32. The largest absolute Gasteiger partial charge is 0.459 e. The molecule has 1 aliphatic carbocycles. The van der Waals surface area contributed by atoms with Crippen LogP contribution in [0.3, 0.4) is 0 Å². The number of hydrogen-bond donors (Lipinski definition) is 1. The van der Waals surface area contributed by atoms with Gasteiger partial charge < -0.3 is 19.5 Å². The van der Waals surface area contributed by atoms with Crippen LogP contribution in [-0.4, -0.2) is 35.3 Å². The normalized spacial score (nSPS) is 25.6. The summed E-state index contributed by atoms with van der Waals surface area (Å²) < 4.78 is 12.1. The van der Waals surface area contributed by atoms with Crippen LogP contribution in [0.1, 0.15) is 56.1 Å². The molecule has 3 aliphatic rings. The van der Waals surface area contributed by atoms with E-state index in [4.69, 9.17) is 14.6 Å². The first-order valence-electron chi connectivity index (χ1n) is 10.7. The quantitative estimate of drug-likeness (QED) is 0.810. The average Bonchev–Trinajstić information content (AvgIpc) is 2.71. The molecule has 0 aromatic heterocycles. The molecule has 0 bridgehead atoms. The van der Waals surface area contributed by atoms with Gasteiger partial charge in [0.25, 0.3) is 5.91 Å². The molecule has 5 nitrogen and oxygen atoms in total. The Bertz CT molecular complexity index is 689. The van der Waals surface area contributed by atoms with Gasteiger partial charge in [-0.15, -0.1) is 0 Å². The highest BCUT2D eigenvalue weighted by Crippen LogP contribution is 2.40. The standard InChI is InChI=1S/C23H31NO4/c25-15-17-7-9-18(10-8-17)16-27-22-14-20(19-5-4-6-19)13-21(28-22)23(26)24-11-2-1-3-12-24/h7-10,13,19-20,22,25H,1-6,11-12,14-16H2/t20-,22+/m1/s1. The van der Waals surface area contributed by atoms with Crippen molar-refractivity contribution in [2.24, 2.45) is 11.8 Å². The Balaban J connectivity index is 1.41. The molecule has 2 aliphatic heterocycles. The van der Waals surface area contributed by atoms with Gasteiger partial charge in [-0.3, -0.25) is 4.79 Å². The number of aliphatic hydroxyl groups is 1. The van der Waals surface area contributed by atoms with Crippen molar-refractivity contribution in [1.29, 1.82) is 0 Å². The van der Waals surface area contributed by atoms with Crippen LogP contribution >= 0.6 is 0 Å². The van der Waals surface area contributed by atoms with Gasteiger partial charge in [-0.2, -0.15) is 0 Å². The molecule has 1 saturated carbocycles. The summed E-state index contributed by atoms with van der Waals surface area (Å²) in [5, 5.41) is 9.17. The number of nitrogens with zero attached hydrogens (tertiary/aromatic N) is 1. The molecule has 4 rings (SSSR count). The Hall–Kier alpha value is -1.85. The predicted molar refractivity (Wildman–Crippen MR) is 106 cm³/mol. The summed E-state index contributed by atoms with van der Waals surface area (Å²) in [5.41, 5.74) is 1.93. The number of ether oxygens (including phenoxy) is 2. The van der Waals surface area contributed by atoms with Gasteiger partial charge in [0.05, 0.1) is 13.2 Å². The molecule has 2 heterocycles. The van der Waals surface area contributed by atoms with Gasteiger partial charge in [0, 0.05) is 19.5 Å². The number of carbonyl (C=O) groups excluding carboxylic acids is 1. The molecule has 0 unspecified atom stereocenters. The molecule has 5 heteroatoms. The van der Waals surface area contributed by atoms with Crippen LogP contribution in [0, 0.1) is 11.8 Å². The molecule has 1 aromatic carbocycles. The minimum absolute atomic E-state index is 0.0321. The van der Waals surface area contributed by atoms with Crippen molar-refractivity contribution in [2.75, 3.05) is 13.1 Å². The zero-order chi connectivity index (χ0) is 19.3. The maximum atomic E-state index is 13.0. The third-order valence-corrected chi connectivity index (χ3v) is 6.34. The number of hydrogen-bond acceptors (Lipinski definition) is 4. The highest BCUT2D eigenvalue weighted by atomic mass is 16.7. The Labute approximate surface area is 167 Å². The number of carbonyl (C=O) groups is 1. The van der Waals surface area contributed by atoms with Crippen molar-refractivity contribution in [3.8, 4) is 0 Å². The topological polar surface area (TPSA) is 59.0 Å². The van der Waals surface area contributed by atoms with E-state index in [0.29, 0.717) is 24.2 Å². The van der Waals surface area contributed by atoms with Gasteiger partial charge >= 0.3 is 0 Å². The maximum absolute atomic E-state index is 13.0. The van der Waals surface area contributed by atoms with E-state index in [1.165, 1.54) is 25.7 Å². The number of allylic oxidation sites excluding steroid dienone is 1. The minimum Gasteiger partial charge on any atom is -0.459 e. The van der Waals surface area contributed by atoms with Crippen molar-refractivity contribution < 1.29 is 19.4 Å². The SMILES string of the molecule is O=C(C1=C[C@@H](C2CCC2)C[C@@H](OCc2ccc(CO)cc2)O1)N1CCCCC1. The highest BCUT2D eigenvalue weighted by molar-refractivity contribution is 5.91. The molecule has 0 spiro atoms. The number of benzene rings is 1. The summed E-state index contributed by atoms with van der Waals surface area (Å²) >= 11 is 0. The van der Waals surface area contributed by atoms with E-state index < -0.39 is 0 Å². The summed E-state index contributed by atoms with van der Waals surface area (Å²) in [6.45, 7) is 2.15. The van der Waals surface area contributed by atoms with E-state index in [9.17, 15) is 4.79 Å². The van der Waals surface area contributed by atoms with Crippen LogP contribution in [0.4, 0.5) is 0 Å². The minimum atomic E-state index is -0.378. The van der Waals surface area contributed by atoms with Crippen molar-refractivity contribution >= 4 is 5.91 Å². The molecule has 2 atom stereocenters. The molecule has 1 aromatic rings. The van der Waals surface area contributed by atoms with E-state index >= 15 is 0 Å². The Kier molecular flexibility index (Phi) is 6.33. The van der Waals surface area contributed by atoms with Crippen molar-refractivity contribution in [3.63, 3.8) is 0 Å². The van der Waals surface area contributed by atoms with E-state index in [2.05, 4.69) is 6.08 Å². The van der Waals surface area contributed by atoms with Gasteiger partial charge in [0.1, 0.15) is 0 Å². The lowest BCUT2D eigenvalue weighted by molar-refractivity contribution is -0.161. The summed E-state index contributed by atoms with van der Waals surface area (Å²) in [4.78, 5) is 14.9. The van der Waals surface area contributed by atoms with E-state index in [-0.39, 0.29) is 18.8 Å². The van der Waals surface area contributed by atoms with E-state index in [0.717, 1.165) is 43.5 Å². The first-order chi connectivity index (χ1) is 13.7. The predicted octanol–water partition coefficient (Wildman–Crippen LogP) is 3.75. The second-order valence-electron chi connectivity index (χ2n) is 8.31. The maximum Gasteiger partial charge on any atom is 0.288 e. The third kappa shape index (κ3) is 4.58. The lowest BCUT2D eigenvalue weighted by Gasteiger charge is -2.38. The second kappa shape index (κ2) is 9.10. The zero-order valence-corrected chi connectivity index (χ0v) is 16.5. The molecule has 2 fully saturated rings. The molecular formula is C23H31NO4. The van der Waals surface area contributed by atoms with Crippen LogP contribution in [-0.2, 0) is 27.5 Å². The van der Waals surface area contributed by atoms with Gasteiger partial charge in [0.15, 0.2) is 5.76 Å². The van der Waals surface area contributed by atoms with Crippen LogP contribution < -0.4 is 0 Å². The fourth-order valence-electron chi connectivity index (χ4n) is 4.32. The van der Waals surface area contributed by atoms with Gasteiger partial charge in [-0.25, -0.2) is 0 Å². The second-order valence-corrected chi connectivity index (χ2v) is 8.31.